The lowest BCUT2D eigenvalue weighted by atomic mass is 9.49. The van der Waals surface area contributed by atoms with Gasteiger partial charge in [-0.05, 0) is 99.2 Å². The summed E-state index contributed by atoms with van der Waals surface area (Å²) in [5.74, 6) is 3.35. The summed E-state index contributed by atoms with van der Waals surface area (Å²) in [5, 5.41) is 3.68. The summed E-state index contributed by atoms with van der Waals surface area (Å²) >= 11 is 6.43. The Labute approximate surface area is 172 Å². The third kappa shape index (κ3) is 3.66. The van der Waals surface area contributed by atoms with Gasteiger partial charge >= 0.3 is 0 Å². The summed E-state index contributed by atoms with van der Waals surface area (Å²) in [7, 11) is 0. The molecule has 5 heteroatoms. The molecule has 0 spiro atoms. The van der Waals surface area contributed by atoms with E-state index in [9.17, 15) is 4.79 Å². The van der Waals surface area contributed by atoms with E-state index in [2.05, 4.69) is 5.32 Å². The molecule has 5 aliphatic rings. The summed E-state index contributed by atoms with van der Waals surface area (Å²) in [5.41, 5.74) is 6.83. The van der Waals surface area contributed by atoms with Gasteiger partial charge in [0.2, 0.25) is 0 Å². The molecule has 2 atom stereocenters. The largest absolute Gasteiger partial charge is 0.490 e. The molecule has 28 heavy (non-hydrogen) atoms. The number of rotatable bonds is 5. The molecule has 0 aromatic heterocycles. The van der Waals surface area contributed by atoms with Crippen molar-refractivity contribution in [3.8, 4) is 5.75 Å². The number of nitrogens with two attached hydrogens (primary N) is 1. The van der Waals surface area contributed by atoms with Crippen molar-refractivity contribution in [2.24, 2.45) is 28.9 Å². The van der Waals surface area contributed by atoms with Crippen molar-refractivity contribution in [3.63, 3.8) is 0 Å². The van der Waals surface area contributed by atoms with Crippen LogP contribution in [0.1, 0.15) is 68.1 Å². The molecular weight excluding hydrogens is 372 g/mol. The number of nitrogens with one attached hydrogen (secondary N) is 1. The van der Waals surface area contributed by atoms with Gasteiger partial charge in [-0.25, -0.2) is 0 Å². The van der Waals surface area contributed by atoms with Gasteiger partial charge in [-0.1, -0.05) is 11.6 Å². The van der Waals surface area contributed by atoms with Crippen molar-refractivity contribution >= 4 is 17.5 Å². The average molecular weight is 403 g/mol. The van der Waals surface area contributed by atoms with Crippen LogP contribution in [0.3, 0.4) is 0 Å². The van der Waals surface area contributed by atoms with Gasteiger partial charge in [-0.3, -0.25) is 4.79 Å². The molecule has 5 fully saturated rings. The number of hydrogen-bond acceptors (Lipinski definition) is 3. The standard InChI is InChI=1S/C23H31ClN2O2/c24-21-9-19(28-18-2-1-17(25)8-18)3-4-20(21)22(27)26-13-23-10-14-5-15(11-23)7-16(6-14)12-23/h3-4,9,14-18H,1-2,5-8,10-13,25H2,(H,26,27)/t14?,15?,16?,17-,18+,23?/m1/s1. The van der Waals surface area contributed by atoms with Crippen LogP contribution >= 0.6 is 11.6 Å². The fourth-order valence-electron chi connectivity index (χ4n) is 6.90. The molecule has 1 aromatic carbocycles. The first kappa shape index (κ1) is 18.7. The molecular formula is C23H31ClN2O2. The second kappa shape index (κ2) is 7.21. The summed E-state index contributed by atoms with van der Waals surface area (Å²) in [6.45, 7) is 0.796. The van der Waals surface area contributed by atoms with E-state index in [0.29, 0.717) is 16.0 Å². The molecule has 6 rings (SSSR count). The van der Waals surface area contributed by atoms with Crippen molar-refractivity contribution in [1.29, 1.82) is 0 Å². The molecule has 3 N–H and O–H groups in total. The van der Waals surface area contributed by atoms with Gasteiger partial charge in [-0.2, -0.15) is 0 Å². The first-order valence-corrected chi connectivity index (χ1v) is 11.4. The number of carbonyl (C=O) groups is 1. The predicted octanol–water partition coefficient (Wildman–Crippen LogP) is 4.54. The maximum absolute atomic E-state index is 12.8. The molecule has 0 heterocycles. The Balaban J connectivity index is 1.21. The quantitative estimate of drug-likeness (QED) is 0.759. The minimum atomic E-state index is -0.0600. The Morgan fingerprint density at radius 1 is 1.11 bits per heavy atom. The van der Waals surface area contributed by atoms with Crippen LogP contribution in [0.5, 0.6) is 5.75 Å². The topological polar surface area (TPSA) is 64.3 Å². The Morgan fingerprint density at radius 3 is 2.36 bits per heavy atom. The van der Waals surface area contributed by atoms with Crippen molar-refractivity contribution in [2.75, 3.05) is 6.54 Å². The monoisotopic (exact) mass is 402 g/mol. The van der Waals surface area contributed by atoms with E-state index in [1.165, 1.54) is 38.5 Å². The second-order valence-corrected chi connectivity index (χ2v) is 10.5. The van der Waals surface area contributed by atoms with Gasteiger partial charge in [0, 0.05) is 12.6 Å². The molecule has 5 saturated carbocycles. The molecule has 0 aliphatic heterocycles. The lowest BCUT2D eigenvalue weighted by Crippen LogP contribution is -2.51. The number of benzene rings is 1. The average Bonchev–Trinajstić information content (AvgIpc) is 3.03. The van der Waals surface area contributed by atoms with Gasteiger partial charge in [0.15, 0.2) is 0 Å². The molecule has 0 unspecified atom stereocenters. The first-order chi connectivity index (χ1) is 13.5. The van der Waals surface area contributed by atoms with Crippen molar-refractivity contribution in [3.05, 3.63) is 28.8 Å². The molecule has 0 saturated heterocycles. The van der Waals surface area contributed by atoms with Crippen LogP contribution in [0.25, 0.3) is 0 Å². The normalized spacial score (nSPS) is 38.6. The van der Waals surface area contributed by atoms with Crippen LogP contribution in [-0.2, 0) is 0 Å². The van der Waals surface area contributed by atoms with Crippen LogP contribution in [-0.4, -0.2) is 24.6 Å². The van der Waals surface area contributed by atoms with E-state index in [1.807, 2.05) is 6.07 Å². The third-order valence-corrected chi connectivity index (χ3v) is 8.01. The lowest BCUT2D eigenvalue weighted by molar-refractivity contribution is -0.0503. The molecule has 1 aromatic rings. The fraction of sp³-hybridized carbons (Fsp3) is 0.696. The molecule has 5 aliphatic carbocycles. The Kier molecular flexibility index (Phi) is 4.83. The summed E-state index contributed by atoms with van der Waals surface area (Å²) in [6, 6.07) is 5.65. The maximum atomic E-state index is 12.8. The van der Waals surface area contributed by atoms with Gasteiger partial charge in [-0.15, -0.1) is 0 Å². The van der Waals surface area contributed by atoms with Gasteiger partial charge in [0.05, 0.1) is 10.6 Å². The van der Waals surface area contributed by atoms with E-state index in [4.69, 9.17) is 22.1 Å². The van der Waals surface area contributed by atoms with Crippen molar-refractivity contribution < 1.29 is 9.53 Å². The predicted molar refractivity (Wildman–Crippen MR) is 111 cm³/mol. The smallest absolute Gasteiger partial charge is 0.252 e. The van der Waals surface area contributed by atoms with E-state index in [1.54, 1.807) is 12.1 Å². The molecule has 152 valence electrons. The number of halogens is 1. The zero-order valence-electron chi connectivity index (χ0n) is 16.5. The molecule has 1 amide bonds. The maximum Gasteiger partial charge on any atom is 0.252 e. The van der Waals surface area contributed by atoms with Gasteiger partial charge in [0.25, 0.3) is 5.91 Å². The molecule has 4 bridgehead atoms. The summed E-state index contributed by atoms with van der Waals surface area (Å²) in [6.07, 6.45) is 11.2. The number of ether oxygens (including phenoxy) is 1. The van der Waals surface area contributed by atoms with E-state index >= 15 is 0 Å². The first-order valence-electron chi connectivity index (χ1n) is 11.0. The van der Waals surface area contributed by atoms with E-state index < -0.39 is 0 Å². The SMILES string of the molecule is N[C@@H]1CC[C@H](Oc2ccc(C(=O)NCC34CC5CC(CC(C5)C3)C4)c(Cl)c2)C1. The van der Waals surface area contributed by atoms with Gasteiger partial charge in [0.1, 0.15) is 11.9 Å². The minimum absolute atomic E-state index is 0.0600. The van der Waals surface area contributed by atoms with E-state index in [0.717, 1.165) is 49.3 Å². The highest BCUT2D eigenvalue weighted by Crippen LogP contribution is 2.59. The Hall–Kier alpha value is -1.26. The molecule has 0 radical (unpaired) electrons. The highest BCUT2D eigenvalue weighted by atomic mass is 35.5. The zero-order valence-corrected chi connectivity index (χ0v) is 17.2. The van der Waals surface area contributed by atoms with Gasteiger partial charge < -0.3 is 15.8 Å². The van der Waals surface area contributed by atoms with Crippen LogP contribution in [0.15, 0.2) is 18.2 Å². The minimum Gasteiger partial charge on any atom is -0.490 e. The fourth-order valence-corrected chi connectivity index (χ4v) is 7.15. The summed E-state index contributed by atoms with van der Waals surface area (Å²) < 4.78 is 5.99. The Bertz CT molecular complexity index is 730. The highest BCUT2D eigenvalue weighted by Gasteiger charge is 2.50. The van der Waals surface area contributed by atoms with Crippen LogP contribution in [0.4, 0.5) is 0 Å². The second-order valence-electron chi connectivity index (χ2n) is 10.1. The lowest BCUT2D eigenvalue weighted by Gasteiger charge is -2.56. The number of carbonyl (C=O) groups excluding carboxylic acids is 1. The third-order valence-electron chi connectivity index (χ3n) is 7.70. The number of hydrogen-bond donors (Lipinski definition) is 2. The zero-order chi connectivity index (χ0) is 19.3. The van der Waals surface area contributed by atoms with Crippen LogP contribution < -0.4 is 15.8 Å². The van der Waals surface area contributed by atoms with Crippen molar-refractivity contribution in [1.82, 2.24) is 5.32 Å². The van der Waals surface area contributed by atoms with E-state index in [-0.39, 0.29) is 18.1 Å². The molecule has 4 nitrogen and oxygen atoms in total. The van der Waals surface area contributed by atoms with Crippen molar-refractivity contribution in [2.45, 2.75) is 69.9 Å². The summed E-state index contributed by atoms with van der Waals surface area (Å²) in [4.78, 5) is 12.8. The van der Waals surface area contributed by atoms with Crippen LogP contribution in [0, 0.1) is 23.2 Å². The highest BCUT2D eigenvalue weighted by molar-refractivity contribution is 6.34. The number of amides is 1. The Morgan fingerprint density at radius 2 is 1.79 bits per heavy atom. The van der Waals surface area contributed by atoms with Crippen LogP contribution in [0.2, 0.25) is 5.02 Å².